The quantitative estimate of drug-likeness (QED) is 0.871. The minimum Gasteiger partial charge on any atom is -0.337 e. The molecule has 0 bridgehead atoms. The highest BCUT2D eigenvalue weighted by atomic mass is 16.2. The molecule has 1 unspecified atom stereocenters. The Bertz CT molecular complexity index is 427. The maximum absolute atomic E-state index is 12.5. The number of likely N-dealkylation sites (tertiary alicyclic amines) is 1. The Hall–Kier alpha value is -1.36. The first-order chi connectivity index (χ1) is 8.65. The monoisotopic (exact) mass is 250 g/mol. The van der Waals surface area contributed by atoms with Crippen LogP contribution in [0, 0.1) is 12.8 Å². The van der Waals surface area contributed by atoms with Crippen molar-refractivity contribution in [2.75, 3.05) is 19.6 Å². The average Bonchev–Trinajstić information content (AvgIpc) is 2.79. The van der Waals surface area contributed by atoms with E-state index in [1.165, 1.54) is 0 Å². The molecule has 0 radical (unpaired) electrons. The Morgan fingerprint density at radius 1 is 1.61 bits per heavy atom. The molecule has 2 rings (SSSR count). The van der Waals surface area contributed by atoms with Gasteiger partial charge in [0, 0.05) is 19.6 Å². The number of aryl methyl sites for hydroxylation is 2. The molecule has 18 heavy (non-hydrogen) atoms. The van der Waals surface area contributed by atoms with Crippen molar-refractivity contribution < 1.29 is 4.79 Å². The predicted octanol–water partition coefficient (Wildman–Crippen LogP) is 1.02. The van der Waals surface area contributed by atoms with Gasteiger partial charge in [0.25, 0.3) is 5.91 Å². The third-order valence-corrected chi connectivity index (χ3v) is 3.56. The number of amides is 1. The Labute approximate surface area is 108 Å². The molecule has 100 valence electrons. The fraction of sp³-hybridized carbons (Fsp3) is 0.692. The second-order valence-electron chi connectivity index (χ2n) is 4.98. The van der Waals surface area contributed by atoms with Gasteiger partial charge in [-0.05, 0) is 45.2 Å². The maximum Gasteiger partial charge on any atom is 0.272 e. The number of aromatic nitrogens is 2. The van der Waals surface area contributed by atoms with E-state index in [0.29, 0.717) is 18.2 Å². The summed E-state index contributed by atoms with van der Waals surface area (Å²) in [4.78, 5) is 14.4. The second kappa shape index (κ2) is 5.52. The van der Waals surface area contributed by atoms with E-state index in [4.69, 9.17) is 5.73 Å². The lowest BCUT2D eigenvalue weighted by atomic mass is 9.98. The summed E-state index contributed by atoms with van der Waals surface area (Å²) in [5.74, 6) is 0.539. The van der Waals surface area contributed by atoms with Gasteiger partial charge >= 0.3 is 0 Å². The maximum atomic E-state index is 12.5. The Kier molecular flexibility index (Phi) is 4.01. The van der Waals surface area contributed by atoms with Crippen LogP contribution in [0.25, 0.3) is 0 Å². The number of rotatable bonds is 3. The number of carbonyl (C=O) groups is 1. The first kappa shape index (κ1) is 13.1. The van der Waals surface area contributed by atoms with Gasteiger partial charge in [-0.15, -0.1) is 0 Å². The van der Waals surface area contributed by atoms with E-state index in [-0.39, 0.29) is 5.91 Å². The molecular formula is C13H22N4O. The summed E-state index contributed by atoms with van der Waals surface area (Å²) >= 11 is 0. The number of piperidine rings is 1. The summed E-state index contributed by atoms with van der Waals surface area (Å²) in [7, 11) is 0. The Morgan fingerprint density at radius 3 is 3.06 bits per heavy atom. The highest BCUT2D eigenvalue weighted by Crippen LogP contribution is 2.18. The summed E-state index contributed by atoms with van der Waals surface area (Å²) in [6, 6.07) is 1.87. The fourth-order valence-corrected chi connectivity index (χ4v) is 2.56. The summed E-state index contributed by atoms with van der Waals surface area (Å²) in [5.41, 5.74) is 7.31. The van der Waals surface area contributed by atoms with Crippen LogP contribution >= 0.6 is 0 Å². The smallest absolute Gasteiger partial charge is 0.272 e. The van der Waals surface area contributed by atoms with Crippen LogP contribution in [0.4, 0.5) is 0 Å². The van der Waals surface area contributed by atoms with Gasteiger partial charge in [-0.3, -0.25) is 9.48 Å². The van der Waals surface area contributed by atoms with Crippen molar-refractivity contribution in [3.63, 3.8) is 0 Å². The van der Waals surface area contributed by atoms with Gasteiger partial charge in [0.1, 0.15) is 5.69 Å². The molecule has 1 amide bonds. The molecule has 1 fully saturated rings. The topological polar surface area (TPSA) is 64.2 Å². The molecular weight excluding hydrogens is 228 g/mol. The van der Waals surface area contributed by atoms with Crippen molar-refractivity contribution in [3.05, 3.63) is 17.5 Å². The van der Waals surface area contributed by atoms with Crippen molar-refractivity contribution in [2.24, 2.45) is 11.7 Å². The standard InChI is InChI=1S/C13H22N4O/c1-3-17-12(7-10(2)15-17)13(18)16-6-4-5-11(8-14)9-16/h7,11H,3-6,8-9,14H2,1-2H3. The van der Waals surface area contributed by atoms with Gasteiger partial charge in [0.05, 0.1) is 5.69 Å². The lowest BCUT2D eigenvalue weighted by molar-refractivity contribution is 0.0665. The van der Waals surface area contributed by atoms with Crippen LogP contribution in [0.15, 0.2) is 6.07 Å². The normalized spacial score (nSPS) is 20.2. The van der Waals surface area contributed by atoms with E-state index in [1.54, 1.807) is 4.68 Å². The average molecular weight is 250 g/mol. The molecule has 0 aliphatic carbocycles. The van der Waals surface area contributed by atoms with Crippen molar-refractivity contribution in [2.45, 2.75) is 33.2 Å². The first-order valence-corrected chi connectivity index (χ1v) is 6.69. The molecule has 0 aromatic carbocycles. The lowest BCUT2D eigenvalue weighted by Gasteiger charge is -2.32. The molecule has 2 N–H and O–H groups in total. The van der Waals surface area contributed by atoms with E-state index in [2.05, 4.69) is 5.10 Å². The SMILES string of the molecule is CCn1nc(C)cc1C(=O)N1CCCC(CN)C1. The largest absolute Gasteiger partial charge is 0.337 e. The van der Waals surface area contributed by atoms with Crippen LogP contribution in [0.1, 0.15) is 35.9 Å². The molecule has 1 atom stereocenters. The van der Waals surface area contributed by atoms with Gasteiger partial charge < -0.3 is 10.6 Å². The van der Waals surface area contributed by atoms with E-state index in [1.807, 2.05) is 24.8 Å². The highest BCUT2D eigenvalue weighted by Gasteiger charge is 2.25. The van der Waals surface area contributed by atoms with Crippen LogP contribution in [-0.4, -0.2) is 40.2 Å². The van der Waals surface area contributed by atoms with Crippen molar-refractivity contribution >= 4 is 5.91 Å². The third kappa shape index (κ3) is 2.56. The summed E-state index contributed by atoms with van der Waals surface area (Å²) < 4.78 is 1.78. The first-order valence-electron chi connectivity index (χ1n) is 6.69. The molecule has 1 aromatic heterocycles. The van der Waals surface area contributed by atoms with Crippen LogP contribution in [-0.2, 0) is 6.54 Å². The van der Waals surface area contributed by atoms with Crippen LogP contribution in [0.2, 0.25) is 0 Å². The van der Waals surface area contributed by atoms with Crippen molar-refractivity contribution in [3.8, 4) is 0 Å². The zero-order valence-corrected chi connectivity index (χ0v) is 11.2. The van der Waals surface area contributed by atoms with E-state index < -0.39 is 0 Å². The van der Waals surface area contributed by atoms with Crippen molar-refractivity contribution in [1.29, 1.82) is 0 Å². The molecule has 5 heteroatoms. The van der Waals surface area contributed by atoms with Crippen molar-refractivity contribution in [1.82, 2.24) is 14.7 Å². The molecule has 5 nitrogen and oxygen atoms in total. The number of hydrogen-bond donors (Lipinski definition) is 1. The zero-order chi connectivity index (χ0) is 13.1. The predicted molar refractivity (Wildman–Crippen MR) is 70.3 cm³/mol. The van der Waals surface area contributed by atoms with E-state index in [0.717, 1.165) is 38.2 Å². The molecule has 0 saturated carbocycles. The third-order valence-electron chi connectivity index (χ3n) is 3.56. The number of carbonyl (C=O) groups excluding carboxylic acids is 1. The molecule has 0 spiro atoms. The van der Waals surface area contributed by atoms with E-state index >= 15 is 0 Å². The fourth-order valence-electron chi connectivity index (χ4n) is 2.56. The van der Waals surface area contributed by atoms with Gasteiger partial charge in [0.15, 0.2) is 0 Å². The molecule has 1 aliphatic rings. The van der Waals surface area contributed by atoms with Gasteiger partial charge in [-0.25, -0.2) is 0 Å². The number of hydrogen-bond acceptors (Lipinski definition) is 3. The molecule has 1 aliphatic heterocycles. The lowest BCUT2D eigenvalue weighted by Crippen LogP contribution is -2.42. The van der Waals surface area contributed by atoms with Gasteiger partial charge in [-0.1, -0.05) is 0 Å². The zero-order valence-electron chi connectivity index (χ0n) is 11.2. The Balaban J connectivity index is 2.14. The highest BCUT2D eigenvalue weighted by molar-refractivity contribution is 5.92. The van der Waals surface area contributed by atoms with E-state index in [9.17, 15) is 4.79 Å². The molecule has 1 aromatic rings. The van der Waals surface area contributed by atoms with Crippen LogP contribution < -0.4 is 5.73 Å². The summed E-state index contributed by atoms with van der Waals surface area (Å²) in [5, 5.41) is 4.33. The summed E-state index contributed by atoms with van der Waals surface area (Å²) in [6.07, 6.45) is 2.18. The van der Waals surface area contributed by atoms with Gasteiger partial charge in [0.2, 0.25) is 0 Å². The molecule has 1 saturated heterocycles. The minimum absolute atomic E-state index is 0.0931. The number of nitrogens with two attached hydrogens (primary N) is 1. The van der Waals surface area contributed by atoms with Crippen LogP contribution in [0.3, 0.4) is 0 Å². The summed E-state index contributed by atoms with van der Waals surface area (Å²) in [6.45, 7) is 6.93. The van der Waals surface area contributed by atoms with Gasteiger partial charge in [-0.2, -0.15) is 5.10 Å². The Morgan fingerprint density at radius 2 is 2.39 bits per heavy atom. The minimum atomic E-state index is 0.0931. The number of nitrogens with zero attached hydrogens (tertiary/aromatic N) is 3. The second-order valence-corrected chi connectivity index (χ2v) is 4.98. The van der Waals surface area contributed by atoms with Crippen LogP contribution in [0.5, 0.6) is 0 Å². The molecule has 2 heterocycles.